The topological polar surface area (TPSA) is 12.4 Å². The van der Waals surface area contributed by atoms with Gasteiger partial charge in [0.1, 0.15) is 0 Å². The molecule has 0 aromatic heterocycles. The average molecular weight is 282 g/mol. The lowest BCUT2D eigenvalue weighted by atomic mass is 10.3. The minimum atomic E-state index is 0.485. The Morgan fingerprint density at radius 1 is 0.941 bits per heavy atom. The molecule has 0 radical (unpaired) electrons. The first-order valence-corrected chi connectivity index (χ1v) is 6.54. The average Bonchev–Trinajstić information content (AvgIpc) is 2.33. The first kappa shape index (κ1) is 12.5. The lowest BCUT2D eigenvalue weighted by Crippen LogP contribution is -1.79. The van der Waals surface area contributed by atoms with Crippen molar-refractivity contribution >= 4 is 45.2 Å². The number of nitrogens with zero attached hydrogens (tertiary/aromatic N) is 1. The van der Waals surface area contributed by atoms with Gasteiger partial charge in [-0.1, -0.05) is 53.2 Å². The third kappa shape index (κ3) is 4.08. The molecule has 86 valence electrons. The molecular weight excluding hydrogens is 273 g/mol. The second kappa shape index (κ2) is 6.10. The molecule has 0 saturated carbocycles. The molecular formula is C13H9Cl2NS. The highest BCUT2D eigenvalue weighted by Crippen LogP contribution is 2.25. The number of benzene rings is 2. The molecule has 2 aromatic carbocycles. The molecule has 0 aliphatic heterocycles. The van der Waals surface area contributed by atoms with E-state index in [0.29, 0.717) is 9.53 Å². The van der Waals surface area contributed by atoms with Crippen LogP contribution in [-0.2, 0) is 0 Å². The van der Waals surface area contributed by atoms with Crippen LogP contribution in [0.2, 0.25) is 5.02 Å². The van der Waals surface area contributed by atoms with Crippen molar-refractivity contribution in [3.8, 4) is 0 Å². The Morgan fingerprint density at radius 3 is 2.24 bits per heavy atom. The minimum absolute atomic E-state index is 0.485. The number of rotatable bonds is 2. The Kier molecular flexibility index (Phi) is 4.49. The molecule has 4 heteroatoms. The van der Waals surface area contributed by atoms with Crippen LogP contribution < -0.4 is 0 Å². The molecule has 2 aromatic rings. The summed E-state index contributed by atoms with van der Waals surface area (Å²) in [5, 5.41) is 0.691. The van der Waals surface area contributed by atoms with Gasteiger partial charge in [-0.15, -0.1) is 0 Å². The van der Waals surface area contributed by atoms with E-state index in [9.17, 15) is 0 Å². The summed E-state index contributed by atoms with van der Waals surface area (Å²) in [5.74, 6) is 0. The van der Waals surface area contributed by atoms with Gasteiger partial charge in [0.2, 0.25) is 0 Å². The minimum Gasteiger partial charge on any atom is -0.229 e. The van der Waals surface area contributed by atoms with Gasteiger partial charge in [0.05, 0.1) is 5.69 Å². The zero-order chi connectivity index (χ0) is 12.1. The van der Waals surface area contributed by atoms with Crippen LogP contribution in [0.4, 0.5) is 5.69 Å². The molecule has 0 aliphatic carbocycles. The molecule has 0 atom stereocenters. The van der Waals surface area contributed by atoms with E-state index < -0.39 is 0 Å². The predicted molar refractivity (Wildman–Crippen MR) is 76.7 cm³/mol. The smallest absolute Gasteiger partial charge is 0.168 e. The van der Waals surface area contributed by atoms with Gasteiger partial charge in [-0.05, 0) is 36.4 Å². The second-order valence-corrected chi connectivity index (χ2v) is 5.34. The van der Waals surface area contributed by atoms with E-state index in [1.807, 2.05) is 42.5 Å². The van der Waals surface area contributed by atoms with E-state index in [0.717, 1.165) is 10.6 Å². The van der Waals surface area contributed by atoms with Crippen molar-refractivity contribution in [2.45, 2.75) is 4.90 Å². The lowest BCUT2D eigenvalue weighted by Gasteiger charge is -1.99. The molecule has 1 nitrogen and oxygen atoms in total. The summed E-state index contributed by atoms with van der Waals surface area (Å²) >= 11 is 13.3. The third-order valence-electron chi connectivity index (χ3n) is 1.99. The molecule has 2 rings (SSSR count). The van der Waals surface area contributed by atoms with Crippen LogP contribution in [0.1, 0.15) is 0 Å². The largest absolute Gasteiger partial charge is 0.229 e. The van der Waals surface area contributed by atoms with Crippen molar-refractivity contribution in [2.24, 2.45) is 4.99 Å². The molecule has 0 fully saturated rings. The monoisotopic (exact) mass is 281 g/mol. The van der Waals surface area contributed by atoms with E-state index in [2.05, 4.69) is 4.99 Å². The molecule has 0 aliphatic rings. The zero-order valence-corrected chi connectivity index (χ0v) is 11.1. The molecule has 17 heavy (non-hydrogen) atoms. The number of thioether (sulfide) groups is 1. The van der Waals surface area contributed by atoms with Gasteiger partial charge in [0.15, 0.2) is 4.50 Å². The molecule has 0 bridgehead atoms. The quantitative estimate of drug-likeness (QED) is 0.410. The Morgan fingerprint density at radius 2 is 1.59 bits per heavy atom. The summed E-state index contributed by atoms with van der Waals surface area (Å²) in [6, 6.07) is 17.1. The van der Waals surface area contributed by atoms with Gasteiger partial charge in [0, 0.05) is 9.92 Å². The van der Waals surface area contributed by atoms with E-state index in [1.165, 1.54) is 11.8 Å². The van der Waals surface area contributed by atoms with Crippen molar-refractivity contribution in [1.29, 1.82) is 0 Å². The highest BCUT2D eigenvalue weighted by atomic mass is 35.5. The van der Waals surface area contributed by atoms with E-state index in [1.54, 1.807) is 12.1 Å². The fourth-order valence-corrected chi connectivity index (χ4v) is 2.36. The van der Waals surface area contributed by atoms with E-state index >= 15 is 0 Å². The van der Waals surface area contributed by atoms with Gasteiger partial charge in [-0.25, -0.2) is 4.99 Å². The van der Waals surface area contributed by atoms with Crippen molar-refractivity contribution in [3.63, 3.8) is 0 Å². The molecule has 0 unspecified atom stereocenters. The summed E-state index contributed by atoms with van der Waals surface area (Å²) in [4.78, 5) is 5.35. The highest BCUT2D eigenvalue weighted by Gasteiger charge is 1.99. The Bertz CT molecular complexity index is 509. The van der Waals surface area contributed by atoms with Gasteiger partial charge in [-0.2, -0.15) is 0 Å². The standard InChI is InChI=1S/C13H9Cl2NS/c14-10-6-8-11(9-7-10)16-13(15)17-12-4-2-1-3-5-12/h1-9H. The van der Waals surface area contributed by atoms with Crippen LogP contribution in [0.15, 0.2) is 64.5 Å². The van der Waals surface area contributed by atoms with E-state index in [4.69, 9.17) is 23.2 Å². The molecule has 0 amide bonds. The van der Waals surface area contributed by atoms with Gasteiger partial charge < -0.3 is 0 Å². The second-order valence-electron chi connectivity index (χ2n) is 3.26. The van der Waals surface area contributed by atoms with Crippen molar-refractivity contribution in [3.05, 3.63) is 59.6 Å². The third-order valence-corrected chi connectivity index (χ3v) is 3.32. The molecule has 0 heterocycles. The van der Waals surface area contributed by atoms with Crippen LogP contribution in [0.5, 0.6) is 0 Å². The summed E-state index contributed by atoms with van der Waals surface area (Å²) in [5.41, 5.74) is 0.794. The fraction of sp³-hybridized carbons (Fsp3) is 0. The Hall–Kier alpha value is -0.960. The lowest BCUT2D eigenvalue weighted by molar-refractivity contribution is 1.47. The molecule has 0 spiro atoms. The summed E-state index contributed by atoms with van der Waals surface area (Å²) < 4.78 is 0.485. The van der Waals surface area contributed by atoms with Crippen molar-refractivity contribution < 1.29 is 0 Å². The van der Waals surface area contributed by atoms with Gasteiger partial charge >= 0.3 is 0 Å². The van der Waals surface area contributed by atoms with Crippen LogP contribution in [0.3, 0.4) is 0 Å². The van der Waals surface area contributed by atoms with Crippen LogP contribution >= 0.6 is 35.0 Å². The SMILES string of the molecule is ClC(=Nc1ccc(Cl)cc1)Sc1ccccc1. The van der Waals surface area contributed by atoms with Gasteiger partial charge in [0.25, 0.3) is 0 Å². The number of hydrogen-bond acceptors (Lipinski definition) is 2. The predicted octanol–water partition coefficient (Wildman–Crippen LogP) is 5.36. The maximum absolute atomic E-state index is 6.07. The maximum atomic E-state index is 6.07. The number of hydrogen-bond donors (Lipinski definition) is 0. The van der Waals surface area contributed by atoms with Crippen LogP contribution in [0.25, 0.3) is 0 Å². The summed E-state index contributed by atoms with van der Waals surface area (Å²) in [7, 11) is 0. The first-order chi connectivity index (χ1) is 8.24. The Balaban J connectivity index is 2.09. The molecule has 0 N–H and O–H groups in total. The normalized spacial score (nSPS) is 11.5. The zero-order valence-electron chi connectivity index (χ0n) is 8.81. The first-order valence-electron chi connectivity index (χ1n) is 4.97. The number of halogens is 2. The number of aliphatic imine (C=N–C) groups is 1. The maximum Gasteiger partial charge on any atom is 0.168 e. The molecule has 0 saturated heterocycles. The van der Waals surface area contributed by atoms with Crippen molar-refractivity contribution in [2.75, 3.05) is 0 Å². The summed E-state index contributed by atoms with van der Waals surface area (Å²) in [6.45, 7) is 0. The summed E-state index contributed by atoms with van der Waals surface area (Å²) in [6.07, 6.45) is 0. The highest BCUT2D eigenvalue weighted by molar-refractivity contribution is 8.16. The van der Waals surface area contributed by atoms with E-state index in [-0.39, 0.29) is 0 Å². The Labute approximate surface area is 114 Å². The van der Waals surface area contributed by atoms with Crippen LogP contribution in [0, 0.1) is 0 Å². The van der Waals surface area contributed by atoms with Gasteiger partial charge in [-0.3, -0.25) is 0 Å². The van der Waals surface area contributed by atoms with Crippen LogP contribution in [-0.4, -0.2) is 4.50 Å². The van der Waals surface area contributed by atoms with Crippen molar-refractivity contribution in [1.82, 2.24) is 0 Å². The fourth-order valence-electron chi connectivity index (χ4n) is 1.23.